The van der Waals surface area contributed by atoms with Gasteiger partial charge in [0.2, 0.25) is 0 Å². The molecule has 6 heteroatoms. The highest BCUT2D eigenvalue weighted by molar-refractivity contribution is 5.32. The van der Waals surface area contributed by atoms with Crippen LogP contribution in [0, 0.1) is 0 Å². The number of nitrogens with one attached hydrogen (secondary N) is 1. The number of methoxy groups -OCH3 is 1. The molecule has 1 aromatic rings. The molecule has 1 aliphatic carbocycles. The van der Waals surface area contributed by atoms with Gasteiger partial charge in [0.15, 0.2) is 0 Å². The zero-order chi connectivity index (χ0) is 14.1. The fourth-order valence-electron chi connectivity index (χ4n) is 2.73. The van der Waals surface area contributed by atoms with Crippen LogP contribution in [0.25, 0.3) is 0 Å². The maximum atomic E-state index is 13.1. The molecule has 0 radical (unpaired) electrons. The first kappa shape index (κ1) is 14.3. The first-order chi connectivity index (χ1) is 8.94. The summed E-state index contributed by atoms with van der Waals surface area (Å²) in [6.07, 6.45) is 0.532. The van der Waals surface area contributed by atoms with Gasteiger partial charge in [0, 0.05) is 25.1 Å². The summed E-state index contributed by atoms with van der Waals surface area (Å²) in [6.45, 7) is 0. The summed E-state index contributed by atoms with van der Waals surface area (Å²) < 4.78 is 44.7. The van der Waals surface area contributed by atoms with Gasteiger partial charge >= 0.3 is 6.18 Å². The molecule has 1 aromatic heterocycles. The highest BCUT2D eigenvalue weighted by atomic mass is 19.4. The Hall–Kier alpha value is -1.14. The molecule has 1 N–H and O–H groups in total. The number of likely N-dealkylation sites (N-methyl/N-ethyl adjacent to an activating group) is 1. The van der Waals surface area contributed by atoms with Gasteiger partial charge in [-0.3, -0.25) is 4.98 Å². The van der Waals surface area contributed by atoms with E-state index in [0.29, 0.717) is 0 Å². The second-order valence-electron chi connectivity index (χ2n) is 4.80. The van der Waals surface area contributed by atoms with Gasteiger partial charge in [0.25, 0.3) is 0 Å². The molecule has 106 valence electrons. The normalized spacial score (nSPS) is 19.8. The largest absolute Gasteiger partial charge is 0.416 e. The molecule has 0 spiro atoms. The highest BCUT2D eigenvalue weighted by Gasteiger charge is 2.47. The first-order valence-corrected chi connectivity index (χ1v) is 6.18. The van der Waals surface area contributed by atoms with Gasteiger partial charge in [0.05, 0.1) is 17.2 Å². The monoisotopic (exact) mass is 274 g/mol. The van der Waals surface area contributed by atoms with Crippen molar-refractivity contribution in [3.8, 4) is 0 Å². The van der Waals surface area contributed by atoms with E-state index >= 15 is 0 Å². The number of alkyl halides is 3. The van der Waals surface area contributed by atoms with E-state index < -0.39 is 23.4 Å². The minimum atomic E-state index is -4.38. The van der Waals surface area contributed by atoms with Crippen LogP contribution in [0.5, 0.6) is 0 Å². The Labute approximate surface area is 110 Å². The average Bonchev–Trinajstić information content (AvgIpc) is 2.32. The summed E-state index contributed by atoms with van der Waals surface area (Å²) >= 11 is 0. The Morgan fingerprint density at radius 3 is 2.53 bits per heavy atom. The van der Waals surface area contributed by atoms with E-state index in [9.17, 15) is 13.2 Å². The number of aromatic nitrogens is 1. The molecule has 1 atom stereocenters. The van der Waals surface area contributed by atoms with Crippen LogP contribution in [-0.2, 0) is 10.9 Å². The Kier molecular flexibility index (Phi) is 3.82. The van der Waals surface area contributed by atoms with Crippen LogP contribution in [0.1, 0.15) is 36.4 Å². The molecule has 1 fully saturated rings. The lowest BCUT2D eigenvalue weighted by Gasteiger charge is -2.47. The average molecular weight is 274 g/mol. The van der Waals surface area contributed by atoms with E-state index in [1.807, 2.05) is 0 Å². The maximum absolute atomic E-state index is 13.1. The van der Waals surface area contributed by atoms with Crippen molar-refractivity contribution in [3.05, 3.63) is 29.6 Å². The number of halogens is 3. The summed E-state index contributed by atoms with van der Waals surface area (Å²) in [7, 11) is 3.20. The van der Waals surface area contributed by atoms with E-state index in [1.54, 1.807) is 14.2 Å². The van der Waals surface area contributed by atoms with Gasteiger partial charge in [-0.05, 0) is 32.4 Å². The Morgan fingerprint density at radius 2 is 2.11 bits per heavy atom. The quantitative estimate of drug-likeness (QED) is 0.916. The number of hydrogen-bond acceptors (Lipinski definition) is 3. The first-order valence-electron chi connectivity index (χ1n) is 6.18. The van der Waals surface area contributed by atoms with Crippen LogP contribution >= 0.6 is 0 Å². The predicted octanol–water partition coefficient (Wildman–Crippen LogP) is 2.93. The molecule has 0 aliphatic heterocycles. The van der Waals surface area contributed by atoms with Crippen molar-refractivity contribution in [2.45, 2.75) is 37.1 Å². The molecule has 0 bridgehead atoms. The van der Waals surface area contributed by atoms with Gasteiger partial charge in [0.1, 0.15) is 0 Å². The summed E-state index contributed by atoms with van der Waals surface area (Å²) in [6, 6.07) is 0.512. The van der Waals surface area contributed by atoms with Crippen molar-refractivity contribution in [2.24, 2.45) is 0 Å². The second-order valence-corrected chi connectivity index (χ2v) is 4.80. The van der Waals surface area contributed by atoms with Crippen LogP contribution in [-0.4, -0.2) is 24.7 Å². The number of hydrogen-bond donors (Lipinski definition) is 1. The lowest BCUT2D eigenvalue weighted by molar-refractivity contribution is -0.141. The molecule has 1 aliphatic rings. The summed E-state index contributed by atoms with van der Waals surface area (Å²) in [5.74, 6) is 0. The van der Waals surface area contributed by atoms with Crippen LogP contribution in [0.4, 0.5) is 13.2 Å². The third-order valence-corrected chi connectivity index (χ3v) is 3.89. The molecule has 0 aromatic carbocycles. The molecule has 1 unspecified atom stereocenters. The summed E-state index contributed by atoms with van der Waals surface area (Å²) in [5.41, 5.74) is -1.05. The summed E-state index contributed by atoms with van der Waals surface area (Å²) in [4.78, 5) is 3.84. The smallest absolute Gasteiger partial charge is 0.376 e. The maximum Gasteiger partial charge on any atom is 0.416 e. The third-order valence-electron chi connectivity index (χ3n) is 3.89. The van der Waals surface area contributed by atoms with Crippen LogP contribution in [0.3, 0.4) is 0 Å². The second kappa shape index (κ2) is 5.09. The molecular formula is C13H17F3N2O. The van der Waals surface area contributed by atoms with Gasteiger partial charge < -0.3 is 10.1 Å². The van der Waals surface area contributed by atoms with Crippen molar-refractivity contribution in [2.75, 3.05) is 14.2 Å². The zero-order valence-electron chi connectivity index (χ0n) is 10.9. The third kappa shape index (κ3) is 2.47. The predicted molar refractivity (Wildman–Crippen MR) is 64.6 cm³/mol. The van der Waals surface area contributed by atoms with Crippen molar-refractivity contribution >= 4 is 0 Å². The zero-order valence-corrected chi connectivity index (χ0v) is 10.9. The molecule has 1 saturated carbocycles. The minimum Gasteiger partial charge on any atom is -0.376 e. The molecule has 0 saturated heterocycles. The number of pyridine rings is 1. The topological polar surface area (TPSA) is 34.2 Å². The number of ether oxygens (including phenoxy) is 1. The van der Waals surface area contributed by atoms with Crippen molar-refractivity contribution in [1.82, 2.24) is 10.3 Å². The van der Waals surface area contributed by atoms with E-state index in [0.717, 1.165) is 25.3 Å². The highest BCUT2D eigenvalue weighted by Crippen LogP contribution is 2.47. The fourth-order valence-corrected chi connectivity index (χ4v) is 2.73. The molecule has 19 heavy (non-hydrogen) atoms. The molecule has 3 nitrogen and oxygen atoms in total. The Morgan fingerprint density at radius 1 is 1.42 bits per heavy atom. The van der Waals surface area contributed by atoms with Crippen LogP contribution in [0.2, 0.25) is 0 Å². The standard InChI is InChI=1S/C13H17F3N2O/c1-17-11(12(19-2)5-3-6-12)9-8-18-7-4-10(9)13(14,15)16/h4,7-8,11,17H,3,5-6H2,1-2H3. The minimum absolute atomic E-state index is 0.152. The molecular weight excluding hydrogens is 257 g/mol. The molecule has 1 heterocycles. The Balaban J connectivity index is 2.44. The van der Waals surface area contributed by atoms with Crippen molar-refractivity contribution in [1.29, 1.82) is 0 Å². The van der Waals surface area contributed by atoms with Crippen molar-refractivity contribution in [3.63, 3.8) is 0 Å². The van der Waals surface area contributed by atoms with Crippen LogP contribution in [0.15, 0.2) is 18.5 Å². The van der Waals surface area contributed by atoms with E-state index in [-0.39, 0.29) is 5.56 Å². The number of nitrogens with zero attached hydrogens (tertiary/aromatic N) is 1. The molecule has 2 rings (SSSR count). The van der Waals surface area contributed by atoms with Crippen LogP contribution < -0.4 is 5.32 Å². The fraction of sp³-hybridized carbons (Fsp3) is 0.615. The number of rotatable bonds is 4. The van der Waals surface area contributed by atoms with Gasteiger partial charge in [-0.2, -0.15) is 13.2 Å². The van der Waals surface area contributed by atoms with E-state index in [4.69, 9.17) is 4.74 Å². The lowest BCUT2D eigenvalue weighted by atomic mass is 9.71. The SMILES string of the molecule is CNC(c1cnccc1C(F)(F)F)C1(OC)CCC1. The lowest BCUT2D eigenvalue weighted by Crippen LogP contribution is -2.50. The van der Waals surface area contributed by atoms with E-state index in [1.165, 1.54) is 12.4 Å². The van der Waals surface area contributed by atoms with E-state index in [2.05, 4.69) is 10.3 Å². The Bertz CT molecular complexity index is 438. The van der Waals surface area contributed by atoms with Gasteiger partial charge in [-0.1, -0.05) is 0 Å². The van der Waals surface area contributed by atoms with Crippen molar-refractivity contribution < 1.29 is 17.9 Å². The summed E-state index contributed by atoms with van der Waals surface area (Å²) in [5, 5.41) is 2.96. The molecule has 0 amide bonds. The van der Waals surface area contributed by atoms with Gasteiger partial charge in [-0.15, -0.1) is 0 Å². The van der Waals surface area contributed by atoms with Gasteiger partial charge in [-0.25, -0.2) is 0 Å².